The number of anilines is 2. The Morgan fingerprint density at radius 2 is 1.75 bits per heavy atom. The summed E-state index contributed by atoms with van der Waals surface area (Å²) in [6.45, 7) is 8.54. The molecule has 308 valence electrons. The highest BCUT2D eigenvalue weighted by Crippen LogP contribution is 2.38. The normalized spacial score (nSPS) is 13.9. The number of hydroxylamine groups is 2. The minimum atomic E-state index is -0.816. The Morgan fingerprint density at radius 3 is 2.44 bits per heavy atom. The van der Waals surface area contributed by atoms with Crippen molar-refractivity contribution in [1.82, 2.24) is 39.0 Å². The third-order valence-corrected chi connectivity index (χ3v) is 9.91. The number of nitrogens with one attached hydrogen (secondary N) is 1. The molecule has 1 N–H and O–H groups in total. The second kappa shape index (κ2) is 18.9. The maximum Gasteiger partial charge on any atom is 0.337 e. The van der Waals surface area contributed by atoms with Gasteiger partial charge in [0.05, 0.1) is 31.0 Å². The number of terminal acetylenes is 1. The first-order valence-electron chi connectivity index (χ1n) is 18.9. The van der Waals surface area contributed by atoms with Crippen molar-refractivity contribution >= 4 is 41.1 Å². The molecule has 3 aromatic heterocycles. The largest absolute Gasteiger partial charge is 0.436 e. The summed E-state index contributed by atoms with van der Waals surface area (Å²) in [7, 11) is 0. The highest BCUT2D eigenvalue weighted by atomic mass is 35.5. The lowest BCUT2D eigenvalue weighted by molar-refractivity contribution is -0.153. The Morgan fingerprint density at radius 1 is 1.02 bits per heavy atom. The number of piperazine rings is 1. The van der Waals surface area contributed by atoms with Gasteiger partial charge in [-0.1, -0.05) is 42.2 Å². The average Bonchev–Trinajstić information content (AvgIpc) is 3.62. The van der Waals surface area contributed by atoms with E-state index in [-0.39, 0.29) is 77.7 Å². The van der Waals surface area contributed by atoms with E-state index in [0.29, 0.717) is 64.9 Å². The molecule has 0 aliphatic carbocycles. The van der Waals surface area contributed by atoms with Crippen LogP contribution in [0.25, 0.3) is 16.9 Å². The number of halogens is 2. The molecule has 0 atom stereocenters. The van der Waals surface area contributed by atoms with Gasteiger partial charge in [0.15, 0.2) is 22.7 Å². The standard InChI is InChI=1S/C41H43FN10O6.ClH/c1-5-7-19-49-35-36(46-40(49)48-21-16-43-17-22-48)52(41(55)50(39(35)54)20-15-30-11-9-8-10-12-30)34-32(14-13-31(33(34)42)47-23-25-56-26-24-47)57-37-28(3)38(45-27-44-37)58-51(18-6-2)29(4)53;/h2,8-14,27,43H,15-26H2,1,3-4H3;1H. The van der Waals surface area contributed by atoms with Crippen LogP contribution >= 0.6 is 12.4 Å². The third-order valence-electron chi connectivity index (χ3n) is 9.91. The van der Waals surface area contributed by atoms with Crippen LogP contribution in [-0.2, 0) is 29.0 Å². The molecule has 59 heavy (non-hydrogen) atoms. The number of benzene rings is 2. The molecule has 0 radical (unpaired) electrons. The van der Waals surface area contributed by atoms with Crippen LogP contribution in [0.15, 0.2) is 58.4 Å². The second-order valence-electron chi connectivity index (χ2n) is 13.6. The SMILES string of the molecule is C#CCN(Oc1ncnc(Oc2ccc(N3CCOCC3)c(F)c2-n2c(=O)n(CCc3ccccc3)c(=O)c3c2nc(N2CCNCC2)n3CC#CC)c1C)C(C)=O.Cl. The maximum atomic E-state index is 17.7. The van der Waals surface area contributed by atoms with Crippen molar-refractivity contribution in [1.29, 1.82) is 0 Å². The van der Waals surface area contributed by atoms with Crippen LogP contribution in [0.2, 0.25) is 0 Å². The first kappa shape index (κ1) is 42.2. The Kier molecular flexibility index (Phi) is 13.5. The van der Waals surface area contributed by atoms with Gasteiger partial charge in [-0.25, -0.2) is 18.7 Å². The first-order valence-corrected chi connectivity index (χ1v) is 18.9. The summed E-state index contributed by atoms with van der Waals surface area (Å²) in [6, 6.07) is 12.6. The molecule has 0 bridgehead atoms. The molecular formula is C41H44ClFN10O6. The van der Waals surface area contributed by atoms with Crippen molar-refractivity contribution in [3.8, 4) is 47.4 Å². The van der Waals surface area contributed by atoms with E-state index in [2.05, 4.69) is 33.0 Å². The quantitative estimate of drug-likeness (QED) is 0.145. The van der Waals surface area contributed by atoms with E-state index < -0.39 is 23.0 Å². The summed E-state index contributed by atoms with van der Waals surface area (Å²) in [6.07, 6.45) is 6.95. The van der Waals surface area contributed by atoms with Gasteiger partial charge in [-0.3, -0.25) is 18.7 Å². The summed E-state index contributed by atoms with van der Waals surface area (Å²) in [5, 5.41) is 4.28. The summed E-state index contributed by atoms with van der Waals surface area (Å²) in [4.78, 5) is 64.9. The van der Waals surface area contributed by atoms with Crippen molar-refractivity contribution in [3.63, 3.8) is 0 Å². The monoisotopic (exact) mass is 826 g/mol. The van der Waals surface area contributed by atoms with Gasteiger partial charge in [0.2, 0.25) is 11.8 Å². The predicted molar refractivity (Wildman–Crippen MR) is 222 cm³/mol. The number of aromatic nitrogens is 6. The molecule has 1 amide bonds. The van der Waals surface area contributed by atoms with E-state index in [1.165, 1.54) is 6.92 Å². The van der Waals surface area contributed by atoms with Gasteiger partial charge in [0.25, 0.3) is 17.3 Å². The van der Waals surface area contributed by atoms with E-state index in [1.807, 2.05) is 40.1 Å². The lowest BCUT2D eigenvalue weighted by Crippen LogP contribution is -2.44. The van der Waals surface area contributed by atoms with E-state index >= 15 is 9.18 Å². The van der Waals surface area contributed by atoms with Gasteiger partial charge >= 0.3 is 5.69 Å². The molecule has 0 saturated carbocycles. The molecule has 5 aromatic rings. The number of imidazole rings is 1. The van der Waals surface area contributed by atoms with E-state index in [1.54, 1.807) is 30.5 Å². The van der Waals surface area contributed by atoms with Crippen LogP contribution in [0.1, 0.15) is 25.0 Å². The van der Waals surface area contributed by atoms with E-state index in [4.69, 9.17) is 25.7 Å². The van der Waals surface area contributed by atoms with Crippen molar-refractivity contribution < 1.29 is 23.5 Å². The molecule has 7 rings (SSSR count). The Labute approximate surface area is 345 Å². The Bertz CT molecular complexity index is 2550. The maximum absolute atomic E-state index is 17.7. The molecule has 16 nitrogen and oxygen atoms in total. The number of carbonyl (C=O) groups excluding carboxylic acids is 1. The zero-order chi connectivity index (χ0) is 40.8. The highest BCUT2D eigenvalue weighted by molar-refractivity contribution is 5.85. The van der Waals surface area contributed by atoms with Crippen LogP contribution in [0.4, 0.5) is 16.0 Å². The fourth-order valence-corrected chi connectivity index (χ4v) is 6.91. The first-order chi connectivity index (χ1) is 28.2. The number of hydrogen-bond acceptors (Lipinski definition) is 12. The molecule has 2 aromatic carbocycles. The van der Waals surface area contributed by atoms with Gasteiger partial charge in [-0.05, 0) is 38.0 Å². The number of carbonyl (C=O) groups is 1. The number of amides is 1. The molecule has 2 saturated heterocycles. The second-order valence-corrected chi connectivity index (χ2v) is 13.6. The van der Waals surface area contributed by atoms with Gasteiger partial charge in [-0.2, -0.15) is 15.0 Å². The van der Waals surface area contributed by atoms with Crippen molar-refractivity contribution in [2.75, 3.05) is 68.8 Å². The number of aryl methyl sites for hydroxylation is 1. The smallest absolute Gasteiger partial charge is 0.337 e. The fraction of sp³-hybridized carbons (Fsp3) is 0.366. The predicted octanol–water partition coefficient (Wildman–Crippen LogP) is 3.09. The van der Waals surface area contributed by atoms with E-state index in [0.717, 1.165) is 26.1 Å². The van der Waals surface area contributed by atoms with Gasteiger partial charge in [-0.15, -0.1) is 24.8 Å². The van der Waals surface area contributed by atoms with Crippen LogP contribution in [0.5, 0.6) is 17.5 Å². The molecule has 18 heteroatoms. The van der Waals surface area contributed by atoms with Gasteiger partial charge < -0.3 is 29.4 Å². The molecule has 2 aliphatic heterocycles. The van der Waals surface area contributed by atoms with Gasteiger partial charge in [0, 0.05) is 52.7 Å². The fourth-order valence-electron chi connectivity index (χ4n) is 6.91. The van der Waals surface area contributed by atoms with Crippen LogP contribution in [-0.4, -0.2) is 98.7 Å². The molecule has 0 spiro atoms. The zero-order valence-corrected chi connectivity index (χ0v) is 33.8. The number of rotatable bonds is 12. The summed E-state index contributed by atoms with van der Waals surface area (Å²) >= 11 is 0. The van der Waals surface area contributed by atoms with Crippen LogP contribution < -0.4 is 35.9 Å². The Hall–Kier alpha value is -6.40. The van der Waals surface area contributed by atoms with Crippen molar-refractivity contribution in [2.45, 2.75) is 40.3 Å². The van der Waals surface area contributed by atoms with Crippen LogP contribution in [0, 0.1) is 36.9 Å². The molecule has 2 fully saturated rings. The number of fused-ring (bicyclic) bond motifs is 1. The molecule has 0 unspecified atom stereocenters. The topological polar surface area (TPSA) is 154 Å². The van der Waals surface area contributed by atoms with Crippen molar-refractivity contribution in [3.05, 3.63) is 86.6 Å². The zero-order valence-electron chi connectivity index (χ0n) is 32.9. The van der Waals surface area contributed by atoms with Crippen molar-refractivity contribution in [2.24, 2.45) is 0 Å². The minimum absolute atomic E-state index is 0. The van der Waals surface area contributed by atoms with E-state index in [9.17, 15) is 9.59 Å². The lowest BCUT2D eigenvalue weighted by atomic mass is 10.1. The number of hydrogen-bond donors (Lipinski definition) is 1. The number of ether oxygens (including phenoxy) is 2. The van der Waals surface area contributed by atoms with Gasteiger partial charge in [0.1, 0.15) is 18.6 Å². The summed E-state index contributed by atoms with van der Waals surface area (Å²) in [5.74, 6) is 7.31. The summed E-state index contributed by atoms with van der Waals surface area (Å²) < 4.78 is 33.6. The number of morpholine rings is 1. The molecule has 5 heterocycles. The van der Waals surface area contributed by atoms with Crippen LogP contribution in [0.3, 0.4) is 0 Å². The highest BCUT2D eigenvalue weighted by Gasteiger charge is 2.31. The Balaban J connectivity index is 0.00000585. The lowest BCUT2D eigenvalue weighted by Gasteiger charge is -2.30. The molecular weight excluding hydrogens is 783 g/mol. The number of nitrogens with zero attached hydrogens (tertiary/aromatic N) is 9. The molecule has 2 aliphatic rings. The third kappa shape index (κ3) is 8.73. The average molecular weight is 827 g/mol. The summed E-state index contributed by atoms with van der Waals surface area (Å²) in [5.41, 5.74) is -0.314. The minimum Gasteiger partial charge on any atom is -0.436 e.